The van der Waals surface area contributed by atoms with E-state index in [0.717, 1.165) is 14.8 Å². The van der Waals surface area contributed by atoms with E-state index in [-0.39, 0.29) is 5.91 Å². The summed E-state index contributed by atoms with van der Waals surface area (Å²) in [4.78, 5) is 25.7. The van der Waals surface area contributed by atoms with Crippen LogP contribution in [0, 0.1) is 0 Å². The smallest absolute Gasteiger partial charge is 0.329 e. The number of carboxylic acid groups (broad SMARTS) is 1. The Morgan fingerprint density at radius 3 is 2.50 bits per heavy atom. The van der Waals surface area contributed by atoms with E-state index in [4.69, 9.17) is 0 Å². The lowest BCUT2D eigenvalue weighted by Crippen LogP contribution is -2.50. The van der Waals surface area contributed by atoms with Crippen LogP contribution in [0.5, 0.6) is 0 Å². The molecule has 0 fully saturated rings. The number of fused-ring (bicyclic) bond motifs is 3. The van der Waals surface area contributed by atoms with Gasteiger partial charge in [-0.25, -0.2) is 4.79 Å². The first-order chi connectivity index (χ1) is 10.3. The number of amides is 1. The number of carboxylic acids is 1. The van der Waals surface area contributed by atoms with Crippen molar-refractivity contribution in [2.75, 3.05) is 7.05 Å². The summed E-state index contributed by atoms with van der Waals surface area (Å²) in [5.74, 6) is -1.28. The van der Waals surface area contributed by atoms with Gasteiger partial charge < -0.3 is 10.0 Å². The minimum Gasteiger partial charge on any atom is -0.480 e. The zero-order valence-corrected chi connectivity index (χ0v) is 14.0. The molecule has 4 nitrogen and oxygen atoms in total. The predicted octanol–water partition coefficient (Wildman–Crippen LogP) is 4.05. The maximum Gasteiger partial charge on any atom is 0.329 e. The average Bonchev–Trinajstić information content (AvgIpc) is 3.02. The summed E-state index contributed by atoms with van der Waals surface area (Å²) in [6.45, 7) is 3.05. The highest BCUT2D eigenvalue weighted by molar-refractivity contribution is 7.33. The zero-order chi connectivity index (χ0) is 16.1. The molecule has 3 rings (SSSR count). The van der Waals surface area contributed by atoms with Crippen LogP contribution in [0.3, 0.4) is 0 Å². The largest absolute Gasteiger partial charge is 0.480 e. The van der Waals surface area contributed by atoms with Gasteiger partial charge >= 0.3 is 5.97 Å². The minimum atomic E-state index is -1.24. The summed E-state index contributed by atoms with van der Waals surface area (Å²) in [6.07, 6.45) is 0. The number of carbonyl (C=O) groups is 2. The van der Waals surface area contributed by atoms with Crippen LogP contribution in [0.15, 0.2) is 30.3 Å². The highest BCUT2D eigenvalue weighted by Gasteiger charge is 2.36. The van der Waals surface area contributed by atoms with Crippen molar-refractivity contribution in [2.24, 2.45) is 0 Å². The molecule has 22 heavy (non-hydrogen) atoms. The molecule has 0 saturated carbocycles. The van der Waals surface area contributed by atoms with Crippen LogP contribution in [0.4, 0.5) is 0 Å². The Morgan fingerprint density at radius 2 is 1.82 bits per heavy atom. The van der Waals surface area contributed by atoms with Crippen LogP contribution in [0.1, 0.15) is 23.5 Å². The van der Waals surface area contributed by atoms with E-state index in [2.05, 4.69) is 6.07 Å². The number of benzene rings is 1. The molecular weight excluding hydrogens is 318 g/mol. The summed E-state index contributed by atoms with van der Waals surface area (Å²) in [5, 5.41) is 10.4. The van der Waals surface area contributed by atoms with Crippen LogP contribution in [-0.2, 0) is 4.79 Å². The number of likely N-dealkylation sites (N-methyl/N-ethyl adjacent to an activating group) is 1. The fraction of sp³-hybridized carbons (Fsp3) is 0.250. The van der Waals surface area contributed by atoms with Crippen molar-refractivity contribution < 1.29 is 14.7 Å². The molecule has 0 aliphatic rings. The molecule has 0 bridgehead atoms. The fourth-order valence-electron chi connectivity index (χ4n) is 2.17. The number of nitrogens with zero attached hydrogens (tertiary/aromatic N) is 1. The fourth-order valence-corrected chi connectivity index (χ4v) is 4.67. The summed E-state index contributed by atoms with van der Waals surface area (Å²) < 4.78 is 3.35. The number of hydrogen-bond acceptors (Lipinski definition) is 4. The van der Waals surface area contributed by atoms with Crippen molar-refractivity contribution in [1.29, 1.82) is 0 Å². The molecule has 0 radical (unpaired) electrons. The molecule has 0 saturated heterocycles. The van der Waals surface area contributed by atoms with Crippen LogP contribution in [0.2, 0.25) is 0 Å². The molecule has 6 heteroatoms. The second-order valence-electron chi connectivity index (χ2n) is 5.63. The van der Waals surface area contributed by atoms with E-state index >= 15 is 0 Å². The molecular formula is C16H15NO3S2. The third kappa shape index (κ3) is 2.19. The third-order valence-corrected chi connectivity index (χ3v) is 6.33. The molecule has 0 unspecified atom stereocenters. The number of hydrogen-bond donors (Lipinski definition) is 1. The molecule has 0 aliphatic carbocycles. The normalized spacial score (nSPS) is 12.0. The highest BCUT2D eigenvalue weighted by Crippen LogP contribution is 2.39. The predicted molar refractivity (Wildman–Crippen MR) is 91.0 cm³/mol. The van der Waals surface area contributed by atoms with Crippen molar-refractivity contribution in [3.05, 3.63) is 35.2 Å². The quantitative estimate of drug-likeness (QED) is 0.786. The molecule has 1 aromatic carbocycles. The van der Waals surface area contributed by atoms with E-state index in [0.29, 0.717) is 4.88 Å². The monoisotopic (exact) mass is 333 g/mol. The van der Waals surface area contributed by atoms with Gasteiger partial charge in [-0.05, 0) is 26.0 Å². The van der Waals surface area contributed by atoms with Gasteiger partial charge in [-0.3, -0.25) is 4.79 Å². The van der Waals surface area contributed by atoms with E-state index in [9.17, 15) is 14.7 Å². The van der Waals surface area contributed by atoms with Crippen molar-refractivity contribution in [2.45, 2.75) is 19.4 Å². The van der Waals surface area contributed by atoms with Crippen molar-refractivity contribution >= 4 is 54.0 Å². The molecule has 0 spiro atoms. The number of aliphatic carboxylic acids is 1. The molecule has 3 aromatic rings. The summed E-state index contributed by atoms with van der Waals surface area (Å²) >= 11 is 3.07. The van der Waals surface area contributed by atoms with E-state index in [1.807, 2.05) is 24.3 Å². The first-order valence-electron chi connectivity index (χ1n) is 6.75. The van der Waals surface area contributed by atoms with E-state index < -0.39 is 11.5 Å². The Labute approximate surface area is 135 Å². The van der Waals surface area contributed by atoms with Crippen LogP contribution < -0.4 is 0 Å². The van der Waals surface area contributed by atoms with Gasteiger partial charge in [0.05, 0.1) is 9.58 Å². The number of thiophene rings is 2. The zero-order valence-electron chi connectivity index (χ0n) is 12.4. The molecule has 1 N–H and O–H groups in total. The molecule has 0 aliphatic heterocycles. The summed E-state index contributed by atoms with van der Waals surface area (Å²) in [5.41, 5.74) is -1.24. The standard InChI is InChI=1S/C16H15NO3S2/c1-16(2,15(19)20)17(3)14(18)12-8-11-13(22-12)9-6-4-5-7-10(9)21-11/h4-8H,1-3H3,(H,19,20). The van der Waals surface area contributed by atoms with Gasteiger partial charge in [0.25, 0.3) is 5.91 Å². The molecule has 2 heterocycles. The highest BCUT2D eigenvalue weighted by atomic mass is 32.1. The third-order valence-electron chi connectivity index (χ3n) is 3.93. The van der Waals surface area contributed by atoms with Crippen molar-refractivity contribution in [1.82, 2.24) is 4.90 Å². The number of carbonyl (C=O) groups excluding carboxylic acids is 1. The van der Waals surface area contributed by atoms with Crippen molar-refractivity contribution in [3.8, 4) is 0 Å². The van der Waals surface area contributed by atoms with Gasteiger partial charge in [-0.1, -0.05) is 18.2 Å². The van der Waals surface area contributed by atoms with E-state index in [1.54, 1.807) is 11.3 Å². The topological polar surface area (TPSA) is 57.6 Å². The Kier molecular flexibility index (Phi) is 3.45. The lowest BCUT2D eigenvalue weighted by Gasteiger charge is -2.31. The first-order valence-corrected chi connectivity index (χ1v) is 8.38. The van der Waals surface area contributed by atoms with Gasteiger partial charge in [0.2, 0.25) is 0 Å². The average molecular weight is 333 g/mol. The Balaban J connectivity index is 2.03. The second-order valence-corrected chi connectivity index (χ2v) is 7.77. The van der Waals surface area contributed by atoms with Gasteiger partial charge in [0, 0.05) is 21.8 Å². The lowest BCUT2D eigenvalue weighted by molar-refractivity contribution is -0.147. The van der Waals surface area contributed by atoms with Gasteiger partial charge in [-0.15, -0.1) is 22.7 Å². The Morgan fingerprint density at radius 1 is 1.14 bits per heavy atom. The Bertz CT molecular complexity index is 891. The van der Waals surface area contributed by atoms with Crippen LogP contribution in [-0.4, -0.2) is 34.5 Å². The van der Waals surface area contributed by atoms with Crippen LogP contribution in [0.25, 0.3) is 19.5 Å². The lowest BCUT2D eigenvalue weighted by atomic mass is 10.0. The van der Waals surface area contributed by atoms with Gasteiger partial charge in [-0.2, -0.15) is 0 Å². The number of rotatable bonds is 3. The van der Waals surface area contributed by atoms with Crippen molar-refractivity contribution in [3.63, 3.8) is 0 Å². The molecule has 114 valence electrons. The van der Waals surface area contributed by atoms with E-state index in [1.165, 1.54) is 41.8 Å². The molecule has 1 amide bonds. The van der Waals surface area contributed by atoms with Gasteiger partial charge in [0.15, 0.2) is 0 Å². The van der Waals surface area contributed by atoms with Gasteiger partial charge in [0.1, 0.15) is 5.54 Å². The Hall–Kier alpha value is -1.92. The molecule has 0 atom stereocenters. The van der Waals surface area contributed by atoms with Crippen LogP contribution >= 0.6 is 22.7 Å². The summed E-state index contributed by atoms with van der Waals surface area (Å²) in [6, 6.07) is 9.95. The first kappa shape index (κ1) is 15.0. The molecule has 2 aromatic heterocycles. The SMILES string of the molecule is CN(C(=O)c1cc2sc3ccccc3c2s1)C(C)(C)C(=O)O. The second kappa shape index (κ2) is 5.07. The minimum absolute atomic E-state index is 0.259. The maximum absolute atomic E-state index is 12.6. The maximum atomic E-state index is 12.6. The summed E-state index contributed by atoms with van der Waals surface area (Å²) in [7, 11) is 1.53.